The highest BCUT2D eigenvalue weighted by atomic mass is 19.4. The number of allylic oxidation sites excluding steroid dienone is 1. The molecule has 1 N–H and O–H groups in total. The van der Waals surface area contributed by atoms with E-state index in [1.165, 1.54) is 6.92 Å². The highest BCUT2D eigenvalue weighted by Gasteiger charge is 2.70. The fourth-order valence-electron chi connectivity index (χ4n) is 4.76. The van der Waals surface area contributed by atoms with E-state index in [9.17, 15) is 27.6 Å². The van der Waals surface area contributed by atoms with Crippen molar-refractivity contribution in [3.8, 4) is 0 Å². The van der Waals surface area contributed by atoms with Crippen LogP contribution in [0.4, 0.5) is 13.2 Å². The van der Waals surface area contributed by atoms with Gasteiger partial charge in [-0.25, -0.2) is 4.79 Å². The normalized spacial score (nSPS) is 22.0. The molecule has 1 saturated carbocycles. The van der Waals surface area contributed by atoms with Gasteiger partial charge in [0, 0.05) is 12.1 Å². The van der Waals surface area contributed by atoms with Crippen LogP contribution < -0.4 is 5.32 Å². The molecule has 0 spiro atoms. The number of benzene rings is 1. The molecule has 0 unspecified atom stereocenters. The second-order valence-electron chi connectivity index (χ2n) is 8.67. The van der Waals surface area contributed by atoms with Crippen molar-refractivity contribution in [2.75, 3.05) is 7.11 Å². The molecule has 1 aliphatic carbocycles. The van der Waals surface area contributed by atoms with Crippen LogP contribution in [-0.2, 0) is 25.7 Å². The van der Waals surface area contributed by atoms with Gasteiger partial charge < -0.3 is 15.0 Å². The number of alkyl halides is 3. The summed E-state index contributed by atoms with van der Waals surface area (Å²) in [6.07, 6.45) is 0.126. The minimum absolute atomic E-state index is 0.151. The molecular weight excluding hydrogens is 437 g/mol. The molecule has 9 heteroatoms. The number of hydrogen-bond acceptors (Lipinski definition) is 4. The van der Waals surface area contributed by atoms with Crippen molar-refractivity contribution in [3.05, 3.63) is 47.2 Å². The molecule has 2 amide bonds. The molecule has 1 heterocycles. The molecule has 6 nitrogen and oxygen atoms in total. The van der Waals surface area contributed by atoms with Gasteiger partial charge in [0.15, 0.2) is 0 Å². The van der Waals surface area contributed by atoms with Crippen molar-refractivity contribution in [1.82, 2.24) is 10.2 Å². The van der Waals surface area contributed by atoms with Gasteiger partial charge in [-0.3, -0.25) is 9.59 Å². The number of methoxy groups -OCH3 is 1. The number of esters is 1. The first-order valence-electron chi connectivity index (χ1n) is 11.1. The first-order valence-corrected chi connectivity index (χ1v) is 11.1. The molecule has 2 aliphatic rings. The molecule has 1 aromatic carbocycles. The fourth-order valence-corrected chi connectivity index (χ4v) is 4.76. The molecule has 3 rings (SSSR count). The summed E-state index contributed by atoms with van der Waals surface area (Å²) >= 11 is 0. The summed E-state index contributed by atoms with van der Waals surface area (Å²) in [6.45, 7) is 1.08. The first kappa shape index (κ1) is 24.8. The van der Waals surface area contributed by atoms with Gasteiger partial charge >= 0.3 is 12.1 Å². The molecule has 0 radical (unpaired) electrons. The third kappa shape index (κ3) is 4.91. The lowest BCUT2D eigenvalue weighted by atomic mass is 9.85. The van der Waals surface area contributed by atoms with Crippen molar-refractivity contribution >= 4 is 17.8 Å². The van der Waals surface area contributed by atoms with E-state index < -0.39 is 35.1 Å². The van der Waals surface area contributed by atoms with Crippen LogP contribution in [0.25, 0.3) is 0 Å². The van der Waals surface area contributed by atoms with Crippen molar-refractivity contribution < 1.29 is 32.3 Å². The maximum atomic E-state index is 14.5. The number of rotatable bonds is 7. The van der Waals surface area contributed by atoms with E-state index in [0.717, 1.165) is 44.1 Å². The zero-order valence-corrected chi connectivity index (χ0v) is 18.8. The lowest BCUT2D eigenvalue weighted by Gasteiger charge is -2.33. The van der Waals surface area contributed by atoms with Crippen LogP contribution in [-0.4, -0.2) is 41.5 Å². The Bertz CT molecular complexity index is 923. The Balaban J connectivity index is 1.93. The van der Waals surface area contributed by atoms with Crippen molar-refractivity contribution in [2.45, 2.75) is 70.1 Å². The Kier molecular flexibility index (Phi) is 7.49. The van der Waals surface area contributed by atoms with Crippen molar-refractivity contribution in [3.63, 3.8) is 0 Å². The molecule has 0 bridgehead atoms. The Morgan fingerprint density at radius 3 is 2.36 bits per heavy atom. The molecule has 1 fully saturated rings. The number of carbonyl (C=O) groups excluding carboxylic acids is 3. The average molecular weight is 467 g/mol. The van der Waals surface area contributed by atoms with Crippen molar-refractivity contribution in [2.24, 2.45) is 5.92 Å². The summed E-state index contributed by atoms with van der Waals surface area (Å²) in [5.41, 5.74) is -4.00. The molecule has 1 aromatic rings. The third-order valence-corrected chi connectivity index (χ3v) is 6.54. The minimum atomic E-state index is -5.25. The lowest BCUT2D eigenvalue weighted by Crippen LogP contribution is -2.66. The van der Waals surface area contributed by atoms with Crippen LogP contribution in [0.15, 0.2) is 41.6 Å². The summed E-state index contributed by atoms with van der Waals surface area (Å²) < 4.78 is 48.3. The Morgan fingerprint density at radius 2 is 1.79 bits per heavy atom. The van der Waals surface area contributed by atoms with Gasteiger partial charge in [-0.1, -0.05) is 62.4 Å². The number of carbonyl (C=O) groups is 3. The number of ether oxygens (including phenoxy) is 1. The van der Waals surface area contributed by atoms with Gasteiger partial charge in [-0.2, -0.15) is 13.2 Å². The average Bonchev–Trinajstić information content (AvgIpc) is 3.00. The zero-order chi connectivity index (χ0) is 24.2. The Labute approximate surface area is 191 Å². The SMILES string of the molecule is COC(=O)C1=C(C)N(Cc2ccccc2)C(=O)[C@]1(NC(=O)CCC1CCCCC1)C(F)(F)F. The third-order valence-electron chi connectivity index (χ3n) is 6.54. The van der Waals surface area contributed by atoms with Crippen LogP contribution in [0.1, 0.15) is 57.4 Å². The lowest BCUT2D eigenvalue weighted by molar-refractivity contribution is -0.196. The van der Waals surface area contributed by atoms with Gasteiger partial charge in [-0.05, 0) is 24.8 Å². The standard InChI is InChI=1S/C24H29F3N2O4/c1-16-20(21(31)33-2)23(24(25,26)27,22(32)29(16)15-18-11-7-4-8-12-18)28-19(30)14-13-17-9-5-3-6-10-17/h4,7-8,11-12,17H,3,5-6,9-10,13-15H2,1-2H3,(H,28,30)/t23-/m0/s1. The maximum Gasteiger partial charge on any atom is 0.425 e. The summed E-state index contributed by atoms with van der Waals surface area (Å²) in [7, 11) is 0.943. The Morgan fingerprint density at radius 1 is 1.15 bits per heavy atom. The first-order chi connectivity index (χ1) is 15.6. The second-order valence-corrected chi connectivity index (χ2v) is 8.67. The van der Waals surface area contributed by atoms with Gasteiger partial charge in [0.2, 0.25) is 11.4 Å². The van der Waals surface area contributed by atoms with Crippen molar-refractivity contribution in [1.29, 1.82) is 0 Å². The molecule has 1 aliphatic heterocycles. The highest BCUT2D eigenvalue weighted by molar-refractivity contribution is 6.10. The van der Waals surface area contributed by atoms with Gasteiger partial charge in [0.25, 0.3) is 5.91 Å². The van der Waals surface area contributed by atoms with E-state index in [-0.39, 0.29) is 24.6 Å². The number of nitrogens with zero attached hydrogens (tertiary/aromatic N) is 1. The van der Waals surface area contributed by atoms with Crippen LogP contribution >= 0.6 is 0 Å². The van der Waals surface area contributed by atoms with E-state index in [2.05, 4.69) is 4.74 Å². The molecule has 180 valence electrons. The topological polar surface area (TPSA) is 75.7 Å². The largest absolute Gasteiger partial charge is 0.466 e. The summed E-state index contributed by atoms with van der Waals surface area (Å²) in [6, 6.07) is 8.45. The van der Waals surface area contributed by atoms with E-state index in [1.54, 1.807) is 30.3 Å². The maximum absolute atomic E-state index is 14.5. The number of halogens is 3. The molecular formula is C24H29F3N2O4. The Hall–Kier alpha value is -2.84. The van der Waals surface area contributed by atoms with Crippen LogP contribution in [0.2, 0.25) is 0 Å². The quantitative estimate of drug-likeness (QED) is 0.610. The summed E-state index contributed by atoms with van der Waals surface area (Å²) in [4.78, 5) is 39.4. The van der Waals surface area contributed by atoms with E-state index >= 15 is 0 Å². The van der Waals surface area contributed by atoms with Gasteiger partial charge in [0.05, 0.1) is 13.7 Å². The van der Waals surface area contributed by atoms with Crippen LogP contribution in [0, 0.1) is 5.92 Å². The predicted octanol–water partition coefficient (Wildman–Crippen LogP) is 4.25. The molecule has 1 atom stereocenters. The molecule has 0 aromatic heterocycles. The van der Waals surface area contributed by atoms with Gasteiger partial charge in [-0.15, -0.1) is 0 Å². The van der Waals surface area contributed by atoms with Gasteiger partial charge in [0.1, 0.15) is 5.57 Å². The van der Waals surface area contributed by atoms with Crippen LogP contribution in [0.3, 0.4) is 0 Å². The highest BCUT2D eigenvalue weighted by Crippen LogP contribution is 2.45. The van der Waals surface area contributed by atoms with E-state index in [4.69, 9.17) is 0 Å². The zero-order valence-electron chi connectivity index (χ0n) is 18.8. The molecule has 33 heavy (non-hydrogen) atoms. The minimum Gasteiger partial charge on any atom is -0.466 e. The van der Waals surface area contributed by atoms with E-state index in [0.29, 0.717) is 12.0 Å². The monoisotopic (exact) mass is 466 g/mol. The summed E-state index contributed by atoms with van der Waals surface area (Å²) in [5.74, 6) is -3.36. The number of nitrogens with one attached hydrogen (secondary N) is 1. The molecule has 0 saturated heterocycles. The predicted molar refractivity (Wildman–Crippen MR) is 114 cm³/mol. The smallest absolute Gasteiger partial charge is 0.425 e. The summed E-state index contributed by atoms with van der Waals surface area (Å²) in [5, 5.41) is 1.92. The number of hydrogen-bond donors (Lipinski definition) is 1. The number of amides is 2. The second kappa shape index (κ2) is 9.97. The van der Waals surface area contributed by atoms with E-state index in [1.807, 2.05) is 5.32 Å². The van der Waals surface area contributed by atoms with Crippen LogP contribution in [0.5, 0.6) is 0 Å². The fraction of sp³-hybridized carbons (Fsp3) is 0.542.